The van der Waals surface area contributed by atoms with Gasteiger partial charge in [0.1, 0.15) is 9.84 Å². The molecule has 0 spiro atoms. The largest absolute Gasteiger partial charge is 0.324 e. The van der Waals surface area contributed by atoms with Gasteiger partial charge in [-0.05, 0) is 40.5 Å². The molecule has 3 nitrogen and oxygen atoms in total. The number of hydrogen-bond acceptors (Lipinski definition) is 4. The van der Waals surface area contributed by atoms with E-state index in [9.17, 15) is 8.42 Å². The van der Waals surface area contributed by atoms with Crippen molar-refractivity contribution in [3.63, 3.8) is 0 Å². The highest BCUT2D eigenvalue weighted by atomic mass is 79.9. The van der Waals surface area contributed by atoms with Crippen LogP contribution in [0.15, 0.2) is 27.6 Å². The molecule has 0 saturated carbocycles. The summed E-state index contributed by atoms with van der Waals surface area (Å²) in [4.78, 5) is 1.04. The van der Waals surface area contributed by atoms with Gasteiger partial charge in [0.25, 0.3) is 0 Å². The standard InChI is InChI=1S/C11H16BrNO2S2/c1-8(13)9-3-4-11(10(12)7-9)16-5-6-17(2,14)15/h3-4,7-8H,5-6,13H2,1-2H3/t8-/m0/s1. The summed E-state index contributed by atoms with van der Waals surface area (Å²) in [5.74, 6) is 0.758. The van der Waals surface area contributed by atoms with Gasteiger partial charge in [-0.2, -0.15) is 0 Å². The average Bonchev–Trinajstić information content (AvgIpc) is 2.18. The van der Waals surface area contributed by atoms with Crippen LogP contribution in [-0.4, -0.2) is 26.2 Å². The maximum atomic E-state index is 11.0. The molecule has 17 heavy (non-hydrogen) atoms. The van der Waals surface area contributed by atoms with E-state index in [0.29, 0.717) is 5.75 Å². The highest BCUT2D eigenvalue weighted by Crippen LogP contribution is 2.29. The normalized spacial score (nSPS) is 13.6. The zero-order valence-electron chi connectivity index (χ0n) is 9.81. The zero-order chi connectivity index (χ0) is 13.1. The number of benzene rings is 1. The maximum absolute atomic E-state index is 11.0. The molecule has 0 radical (unpaired) electrons. The first-order valence-corrected chi connectivity index (χ1v) is 8.99. The third kappa shape index (κ3) is 5.42. The fourth-order valence-corrected chi connectivity index (χ4v) is 4.09. The molecule has 0 fully saturated rings. The van der Waals surface area contributed by atoms with Crippen molar-refractivity contribution in [2.75, 3.05) is 17.8 Å². The van der Waals surface area contributed by atoms with E-state index in [4.69, 9.17) is 5.73 Å². The van der Waals surface area contributed by atoms with Gasteiger partial charge in [-0.25, -0.2) is 8.42 Å². The van der Waals surface area contributed by atoms with Crippen molar-refractivity contribution in [3.05, 3.63) is 28.2 Å². The van der Waals surface area contributed by atoms with Crippen molar-refractivity contribution >= 4 is 37.5 Å². The summed E-state index contributed by atoms with van der Waals surface area (Å²) >= 11 is 5.00. The van der Waals surface area contributed by atoms with Gasteiger partial charge in [0.2, 0.25) is 0 Å². The van der Waals surface area contributed by atoms with Crippen molar-refractivity contribution in [2.24, 2.45) is 5.73 Å². The molecule has 0 aliphatic heterocycles. The number of nitrogens with two attached hydrogens (primary N) is 1. The fraction of sp³-hybridized carbons (Fsp3) is 0.455. The van der Waals surface area contributed by atoms with Crippen LogP contribution >= 0.6 is 27.7 Å². The molecule has 2 N–H and O–H groups in total. The third-order valence-corrected chi connectivity index (χ3v) is 5.39. The maximum Gasteiger partial charge on any atom is 0.148 e. The average molecular weight is 338 g/mol. The first-order chi connectivity index (χ1) is 7.79. The summed E-state index contributed by atoms with van der Waals surface area (Å²) in [6, 6.07) is 5.92. The second kappa shape index (κ2) is 6.22. The summed E-state index contributed by atoms with van der Waals surface area (Å²) in [5, 5.41) is 0. The van der Waals surface area contributed by atoms with E-state index in [-0.39, 0.29) is 11.8 Å². The summed E-state index contributed by atoms with van der Waals surface area (Å²) in [6.45, 7) is 1.93. The van der Waals surface area contributed by atoms with Crippen LogP contribution in [-0.2, 0) is 9.84 Å². The Labute approximate surface area is 115 Å². The monoisotopic (exact) mass is 337 g/mol. The Morgan fingerprint density at radius 2 is 2.12 bits per heavy atom. The van der Waals surface area contributed by atoms with Crippen LogP contribution in [0, 0.1) is 0 Å². The van der Waals surface area contributed by atoms with E-state index in [1.54, 1.807) is 0 Å². The summed E-state index contributed by atoms with van der Waals surface area (Å²) in [5.41, 5.74) is 6.84. The molecule has 0 amide bonds. The zero-order valence-corrected chi connectivity index (χ0v) is 13.0. The SMILES string of the molecule is C[C@H](N)c1ccc(SCCS(C)(=O)=O)c(Br)c1. The predicted octanol–water partition coefficient (Wildman–Crippen LogP) is 2.61. The quantitative estimate of drug-likeness (QED) is 0.839. The van der Waals surface area contributed by atoms with E-state index < -0.39 is 9.84 Å². The first kappa shape index (κ1) is 15.0. The molecule has 0 heterocycles. The Kier molecular flexibility index (Phi) is 5.50. The molecule has 96 valence electrons. The first-order valence-electron chi connectivity index (χ1n) is 5.15. The van der Waals surface area contributed by atoms with Crippen molar-refractivity contribution < 1.29 is 8.42 Å². The molecule has 0 saturated heterocycles. The molecule has 6 heteroatoms. The number of hydrogen-bond donors (Lipinski definition) is 1. The van der Waals surface area contributed by atoms with Crippen molar-refractivity contribution in [1.82, 2.24) is 0 Å². The fourth-order valence-electron chi connectivity index (χ4n) is 1.22. The molecule has 1 rings (SSSR count). The topological polar surface area (TPSA) is 60.2 Å². The lowest BCUT2D eigenvalue weighted by Crippen LogP contribution is -2.06. The number of halogens is 1. The highest BCUT2D eigenvalue weighted by Gasteiger charge is 2.07. The van der Waals surface area contributed by atoms with Crippen LogP contribution in [0.1, 0.15) is 18.5 Å². The summed E-state index contributed by atoms with van der Waals surface area (Å²) in [7, 11) is -2.88. The van der Waals surface area contributed by atoms with Crippen LogP contribution in [0.3, 0.4) is 0 Å². The third-order valence-electron chi connectivity index (χ3n) is 2.19. The van der Waals surface area contributed by atoms with Gasteiger partial charge >= 0.3 is 0 Å². The van der Waals surface area contributed by atoms with Crippen molar-refractivity contribution in [1.29, 1.82) is 0 Å². The molecule has 1 atom stereocenters. The van der Waals surface area contributed by atoms with Crippen LogP contribution in [0.4, 0.5) is 0 Å². The molecule has 1 aromatic rings. The van der Waals surface area contributed by atoms with Gasteiger partial charge in [-0.15, -0.1) is 11.8 Å². The minimum absolute atomic E-state index is 0.00127. The molecule has 0 aromatic heterocycles. The second-order valence-corrected chi connectivity index (χ2v) is 8.21. The molecule has 0 aliphatic rings. The van der Waals surface area contributed by atoms with Gasteiger partial charge in [0.15, 0.2) is 0 Å². The van der Waals surface area contributed by atoms with Crippen LogP contribution in [0.25, 0.3) is 0 Å². The van der Waals surface area contributed by atoms with Gasteiger partial charge in [-0.3, -0.25) is 0 Å². The molecule has 0 aliphatic carbocycles. The highest BCUT2D eigenvalue weighted by molar-refractivity contribution is 9.10. The smallest absolute Gasteiger partial charge is 0.148 e. The Hall–Kier alpha value is -0.0400. The predicted molar refractivity (Wildman–Crippen MR) is 77.2 cm³/mol. The molecular weight excluding hydrogens is 322 g/mol. The van der Waals surface area contributed by atoms with E-state index >= 15 is 0 Å². The van der Waals surface area contributed by atoms with Crippen molar-refractivity contribution in [3.8, 4) is 0 Å². The molecule has 1 aromatic carbocycles. The van der Waals surface area contributed by atoms with Gasteiger partial charge in [0, 0.05) is 27.4 Å². The van der Waals surface area contributed by atoms with Crippen LogP contribution in [0.2, 0.25) is 0 Å². The molecule has 0 bridgehead atoms. The van der Waals surface area contributed by atoms with Crippen LogP contribution < -0.4 is 5.73 Å². The Morgan fingerprint density at radius 1 is 1.47 bits per heavy atom. The minimum atomic E-state index is -2.88. The molecular formula is C11H16BrNO2S2. The van der Waals surface area contributed by atoms with Gasteiger partial charge < -0.3 is 5.73 Å². The van der Waals surface area contributed by atoms with Crippen LogP contribution in [0.5, 0.6) is 0 Å². The number of rotatable bonds is 5. The Bertz CT molecular complexity index is 486. The summed E-state index contributed by atoms with van der Waals surface area (Å²) in [6.07, 6.45) is 1.25. The minimum Gasteiger partial charge on any atom is -0.324 e. The lowest BCUT2D eigenvalue weighted by molar-refractivity contribution is 0.603. The number of sulfone groups is 1. The lowest BCUT2D eigenvalue weighted by Gasteiger charge is -2.09. The molecule has 0 unspecified atom stereocenters. The summed E-state index contributed by atoms with van der Waals surface area (Å²) < 4.78 is 23.0. The van der Waals surface area contributed by atoms with Crippen molar-refractivity contribution in [2.45, 2.75) is 17.9 Å². The second-order valence-electron chi connectivity index (χ2n) is 3.96. The Morgan fingerprint density at radius 3 is 2.59 bits per heavy atom. The number of thioether (sulfide) groups is 1. The van der Waals surface area contributed by atoms with E-state index in [1.807, 2.05) is 25.1 Å². The van der Waals surface area contributed by atoms with Gasteiger partial charge in [0.05, 0.1) is 5.75 Å². The van der Waals surface area contributed by atoms with E-state index in [2.05, 4.69) is 15.9 Å². The Balaban J connectivity index is 2.67. The lowest BCUT2D eigenvalue weighted by atomic mass is 10.1. The van der Waals surface area contributed by atoms with Gasteiger partial charge in [-0.1, -0.05) is 6.07 Å². The van der Waals surface area contributed by atoms with E-state index in [0.717, 1.165) is 14.9 Å². The van der Waals surface area contributed by atoms with E-state index in [1.165, 1.54) is 18.0 Å².